The smallest absolute Gasteiger partial charge is 0.436 e. The lowest BCUT2D eigenvalue weighted by Crippen LogP contribution is -2.45. The molecule has 0 atom stereocenters. The zero-order valence-electron chi connectivity index (χ0n) is 21.1. The molecule has 12 heteroatoms. The molecule has 1 amide bonds. The summed E-state index contributed by atoms with van der Waals surface area (Å²) in [5.74, 6) is -0.759. The first-order valence-electron chi connectivity index (χ1n) is 12.4. The molecule has 2 aliphatic heterocycles. The first-order valence-corrected chi connectivity index (χ1v) is 13.2. The zero-order valence-corrected chi connectivity index (χ0v) is 22.6. The standard InChI is InChI=1S/C27H26Cl2FN5O4/c1-38-27(37)39-34-15-18(13-17-5-8-20(30)9-6-17)25-21(16-34)24(26(36)32-33-11-3-2-4-12-33)31-35(25)23-10-7-19(28)14-22(23)29/h5-10,13-14H,2-4,11-12,15-16H2,1H3,(H,32,36)/b18-13+. The number of piperidine rings is 1. The molecule has 1 aromatic heterocycles. The SMILES string of the molecule is COC(=O)ON1C/C(=C\c2ccc(F)cc2)c2c(c(C(=O)NN3CCCCC3)nn2-c2ccc(Cl)cc2Cl)C1. The van der Waals surface area contributed by atoms with Gasteiger partial charge in [-0.3, -0.25) is 10.2 Å². The molecular weight excluding hydrogens is 548 g/mol. The number of methoxy groups -OCH3 is 1. The van der Waals surface area contributed by atoms with Crippen molar-refractivity contribution >= 4 is 46.9 Å². The van der Waals surface area contributed by atoms with Crippen LogP contribution in [0.15, 0.2) is 42.5 Å². The number of hydrogen-bond acceptors (Lipinski definition) is 7. The predicted octanol–water partition coefficient (Wildman–Crippen LogP) is 5.50. The summed E-state index contributed by atoms with van der Waals surface area (Å²) < 4.78 is 19.9. The van der Waals surface area contributed by atoms with Gasteiger partial charge < -0.3 is 9.57 Å². The van der Waals surface area contributed by atoms with E-state index in [-0.39, 0.29) is 24.6 Å². The third kappa shape index (κ3) is 6.09. The number of hydrazine groups is 1. The summed E-state index contributed by atoms with van der Waals surface area (Å²) in [6.45, 7) is 1.69. The number of rotatable bonds is 5. The van der Waals surface area contributed by atoms with Crippen LogP contribution >= 0.6 is 23.2 Å². The average molecular weight is 574 g/mol. The van der Waals surface area contributed by atoms with Gasteiger partial charge in [0.15, 0.2) is 5.69 Å². The molecule has 2 aliphatic rings. The number of carbonyl (C=O) groups is 2. The van der Waals surface area contributed by atoms with E-state index < -0.39 is 12.1 Å². The number of halogens is 3. The molecule has 0 radical (unpaired) electrons. The van der Waals surface area contributed by atoms with E-state index in [2.05, 4.69) is 10.2 Å². The number of benzene rings is 2. The lowest BCUT2D eigenvalue weighted by Gasteiger charge is -2.28. The van der Waals surface area contributed by atoms with Crippen LogP contribution in [0.1, 0.15) is 46.6 Å². The lowest BCUT2D eigenvalue weighted by atomic mass is 9.98. The summed E-state index contributed by atoms with van der Waals surface area (Å²) >= 11 is 12.7. The normalized spacial score (nSPS) is 17.1. The molecular formula is C27H26Cl2FN5O4. The van der Waals surface area contributed by atoms with Crippen LogP contribution in [0, 0.1) is 5.82 Å². The molecule has 0 aliphatic carbocycles. The highest BCUT2D eigenvalue weighted by Crippen LogP contribution is 2.36. The number of amides is 1. The fourth-order valence-electron chi connectivity index (χ4n) is 4.72. The van der Waals surface area contributed by atoms with E-state index in [1.165, 1.54) is 24.3 Å². The van der Waals surface area contributed by atoms with Gasteiger partial charge in [-0.1, -0.05) is 41.8 Å². The first kappa shape index (κ1) is 27.1. The zero-order chi connectivity index (χ0) is 27.5. The van der Waals surface area contributed by atoms with Crippen LogP contribution in [0.2, 0.25) is 10.0 Å². The number of nitrogens with zero attached hydrogens (tertiary/aromatic N) is 4. The topological polar surface area (TPSA) is 88.9 Å². The number of aromatic nitrogens is 2. The Morgan fingerprint density at radius 2 is 1.79 bits per heavy atom. The van der Waals surface area contributed by atoms with Crippen molar-refractivity contribution in [2.24, 2.45) is 0 Å². The van der Waals surface area contributed by atoms with E-state index >= 15 is 0 Å². The van der Waals surface area contributed by atoms with Crippen molar-refractivity contribution in [3.05, 3.63) is 80.8 Å². The Morgan fingerprint density at radius 3 is 2.49 bits per heavy atom. The number of ether oxygens (including phenoxy) is 1. The quantitative estimate of drug-likeness (QED) is 0.403. The Hall–Kier alpha value is -3.44. The third-order valence-electron chi connectivity index (χ3n) is 6.52. The van der Waals surface area contributed by atoms with Crippen LogP contribution in [0.5, 0.6) is 0 Å². The highest BCUT2D eigenvalue weighted by atomic mass is 35.5. The predicted molar refractivity (Wildman–Crippen MR) is 145 cm³/mol. The summed E-state index contributed by atoms with van der Waals surface area (Å²) in [5.41, 5.74) is 6.13. The molecule has 3 heterocycles. The Morgan fingerprint density at radius 1 is 1.05 bits per heavy atom. The van der Waals surface area contributed by atoms with E-state index in [4.69, 9.17) is 33.1 Å². The monoisotopic (exact) mass is 573 g/mol. The van der Waals surface area contributed by atoms with Crippen LogP contribution in [0.4, 0.5) is 9.18 Å². The van der Waals surface area contributed by atoms with Gasteiger partial charge in [-0.2, -0.15) is 5.10 Å². The van der Waals surface area contributed by atoms with Crippen molar-refractivity contribution in [1.29, 1.82) is 0 Å². The maximum absolute atomic E-state index is 13.6. The molecule has 1 saturated heterocycles. The van der Waals surface area contributed by atoms with Crippen molar-refractivity contribution in [3.63, 3.8) is 0 Å². The van der Waals surface area contributed by atoms with Crippen LogP contribution < -0.4 is 5.43 Å². The van der Waals surface area contributed by atoms with Gasteiger partial charge in [0.05, 0.1) is 36.6 Å². The molecule has 0 unspecified atom stereocenters. The van der Waals surface area contributed by atoms with E-state index in [0.717, 1.165) is 32.4 Å². The first-order chi connectivity index (χ1) is 18.8. The second kappa shape index (κ2) is 11.7. The Labute approximate surface area is 234 Å². The molecule has 0 spiro atoms. The maximum Gasteiger partial charge on any atom is 0.527 e. The molecule has 0 bridgehead atoms. The molecule has 5 rings (SSSR count). The molecule has 1 N–H and O–H groups in total. The summed E-state index contributed by atoms with van der Waals surface area (Å²) in [4.78, 5) is 30.9. The van der Waals surface area contributed by atoms with Crippen molar-refractivity contribution < 1.29 is 23.6 Å². The highest BCUT2D eigenvalue weighted by molar-refractivity contribution is 6.35. The molecule has 1 fully saturated rings. The van der Waals surface area contributed by atoms with Gasteiger partial charge in [0.2, 0.25) is 0 Å². The van der Waals surface area contributed by atoms with Crippen molar-refractivity contribution in [1.82, 2.24) is 25.3 Å². The van der Waals surface area contributed by atoms with Gasteiger partial charge in [0.25, 0.3) is 5.91 Å². The fourth-order valence-corrected chi connectivity index (χ4v) is 5.21. The van der Waals surface area contributed by atoms with E-state index in [1.807, 2.05) is 11.1 Å². The van der Waals surface area contributed by atoms with E-state index in [9.17, 15) is 14.0 Å². The molecule has 204 valence electrons. The Balaban J connectivity index is 1.66. The van der Waals surface area contributed by atoms with Gasteiger partial charge >= 0.3 is 6.16 Å². The van der Waals surface area contributed by atoms with Gasteiger partial charge in [-0.05, 0) is 60.4 Å². The summed E-state index contributed by atoms with van der Waals surface area (Å²) in [5, 5.41) is 8.77. The number of nitrogens with one attached hydrogen (secondary N) is 1. The minimum Gasteiger partial charge on any atom is -0.436 e. The lowest BCUT2D eigenvalue weighted by molar-refractivity contribution is -0.123. The van der Waals surface area contributed by atoms with Crippen LogP contribution in [-0.2, 0) is 16.1 Å². The molecule has 3 aromatic rings. The second-order valence-corrected chi connectivity index (χ2v) is 10.1. The Bertz CT molecular complexity index is 1420. The van der Waals surface area contributed by atoms with Gasteiger partial charge in [-0.25, -0.2) is 18.9 Å². The molecule has 39 heavy (non-hydrogen) atoms. The fraction of sp³-hybridized carbons (Fsp3) is 0.296. The molecule has 0 saturated carbocycles. The van der Waals surface area contributed by atoms with Crippen LogP contribution in [-0.4, -0.2) is 58.7 Å². The average Bonchev–Trinajstić information content (AvgIpc) is 3.30. The van der Waals surface area contributed by atoms with E-state index in [0.29, 0.717) is 38.1 Å². The number of carbonyl (C=O) groups excluding carboxylic acids is 2. The maximum atomic E-state index is 13.6. The van der Waals surface area contributed by atoms with Gasteiger partial charge in [0.1, 0.15) is 5.82 Å². The summed E-state index contributed by atoms with van der Waals surface area (Å²) in [6.07, 6.45) is 4.01. The second-order valence-electron chi connectivity index (χ2n) is 9.24. The van der Waals surface area contributed by atoms with Crippen molar-refractivity contribution in [2.75, 3.05) is 26.7 Å². The number of hydrogen-bond donors (Lipinski definition) is 1. The van der Waals surface area contributed by atoms with Gasteiger partial charge in [0, 0.05) is 23.7 Å². The van der Waals surface area contributed by atoms with Crippen LogP contribution in [0.3, 0.4) is 0 Å². The van der Waals surface area contributed by atoms with Crippen molar-refractivity contribution in [3.8, 4) is 5.69 Å². The number of fused-ring (bicyclic) bond motifs is 1. The minimum absolute atomic E-state index is 0.0686. The molecule has 2 aromatic carbocycles. The minimum atomic E-state index is -0.896. The summed E-state index contributed by atoms with van der Waals surface area (Å²) in [7, 11) is 1.21. The number of hydroxylamine groups is 2. The summed E-state index contributed by atoms with van der Waals surface area (Å²) in [6, 6.07) is 11.0. The molecule has 9 nitrogen and oxygen atoms in total. The van der Waals surface area contributed by atoms with Gasteiger partial charge in [-0.15, -0.1) is 5.06 Å². The van der Waals surface area contributed by atoms with Crippen molar-refractivity contribution in [2.45, 2.75) is 25.8 Å². The third-order valence-corrected chi connectivity index (χ3v) is 7.06. The Kier molecular flexibility index (Phi) is 8.18. The van der Waals surface area contributed by atoms with E-state index in [1.54, 1.807) is 35.0 Å². The highest BCUT2D eigenvalue weighted by Gasteiger charge is 2.34. The largest absolute Gasteiger partial charge is 0.527 e. The van der Waals surface area contributed by atoms with Crippen LogP contribution in [0.25, 0.3) is 17.3 Å².